The van der Waals surface area contributed by atoms with Gasteiger partial charge in [-0.15, -0.1) is 0 Å². The molecule has 22 heavy (non-hydrogen) atoms. The molecule has 2 aromatic carbocycles. The number of aromatic nitrogens is 1. The van der Waals surface area contributed by atoms with Gasteiger partial charge in [0.1, 0.15) is 5.69 Å². The van der Waals surface area contributed by atoms with Crippen molar-refractivity contribution in [2.45, 2.75) is 6.92 Å². The first-order valence-electron chi connectivity index (χ1n) is 7.13. The third-order valence-corrected chi connectivity index (χ3v) is 3.77. The predicted octanol–water partition coefficient (Wildman–Crippen LogP) is 4.44. The predicted molar refractivity (Wildman–Crippen MR) is 87.7 cm³/mol. The fraction of sp³-hybridized carbons (Fsp3) is 0.105. The molecule has 3 nitrogen and oxygen atoms in total. The van der Waals surface area contributed by atoms with Crippen LogP contribution in [0.5, 0.6) is 0 Å². The van der Waals surface area contributed by atoms with Crippen LogP contribution in [0, 0.1) is 6.92 Å². The SMILES string of the molecule is COC(=O)c1[nH]cc(-c2ccccc2C)c1-c1ccccc1. The molecular weight excluding hydrogens is 274 g/mol. The molecule has 0 bridgehead atoms. The van der Waals surface area contributed by atoms with Crippen molar-refractivity contribution in [3.8, 4) is 22.3 Å². The molecule has 0 aliphatic heterocycles. The minimum absolute atomic E-state index is 0.362. The van der Waals surface area contributed by atoms with Crippen LogP contribution in [-0.4, -0.2) is 18.1 Å². The van der Waals surface area contributed by atoms with E-state index in [2.05, 4.69) is 24.0 Å². The van der Waals surface area contributed by atoms with E-state index < -0.39 is 0 Å². The highest BCUT2D eigenvalue weighted by Crippen LogP contribution is 2.36. The number of aryl methyl sites for hydroxylation is 1. The molecule has 0 saturated carbocycles. The molecule has 0 atom stereocenters. The summed E-state index contributed by atoms with van der Waals surface area (Å²) in [5.74, 6) is -0.362. The van der Waals surface area contributed by atoms with Crippen molar-refractivity contribution < 1.29 is 9.53 Å². The third-order valence-electron chi connectivity index (χ3n) is 3.77. The van der Waals surface area contributed by atoms with E-state index in [9.17, 15) is 4.79 Å². The number of rotatable bonds is 3. The summed E-state index contributed by atoms with van der Waals surface area (Å²) in [6.07, 6.45) is 1.87. The summed E-state index contributed by atoms with van der Waals surface area (Å²) in [6.45, 7) is 2.06. The Kier molecular flexibility index (Phi) is 3.79. The Bertz CT molecular complexity index is 803. The van der Waals surface area contributed by atoms with Gasteiger partial charge in [0.25, 0.3) is 0 Å². The van der Waals surface area contributed by atoms with Crippen molar-refractivity contribution in [2.24, 2.45) is 0 Å². The van der Waals surface area contributed by atoms with Crippen LogP contribution in [0.2, 0.25) is 0 Å². The van der Waals surface area contributed by atoms with Crippen LogP contribution in [0.1, 0.15) is 16.1 Å². The van der Waals surface area contributed by atoms with Gasteiger partial charge in [0.05, 0.1) is 7.11 Å². The van der Waals surface area contributed by atoms with Crippen LogP contribution in [0.25, 0.3) is 22.3 Å². The van der Waals surface area contributed by atoms with Gasteiger partial charge < -0.3 is 9.72 Å². The number of ether oxygens (including phenoxy) is 1. The van der Waals surface area contributed by atoms with E-state index in [1.807, 2.05) is 48.7 Å². The van der Waals surface area contributed by atoms with Crippen molar-refractivity contribution in [2.75, 3.05) is 7.11 Å². The van der Waals surface area contributed by atoms with Crippen LogP contribution in [0.3, 0.4) is 0 Å². The summed E-state index contributed by atoms with van der Waals surface area (Å²) in [7, 11) is 1.39. The molecule has 0 aliphatic rings. The number of carbonyl (C=O) groups excluding carboxylic acids is 1. The highest BCUT2D eigenvalue weighted by molar-refractivity contribution is 6.01. The topological polar surface area (TPSA) is 42.1 Å². The number of esters is 1. The Morgan fingerprint density at radius 2 is 1.64 bits per heavy atom. The lowest BCUT2D eigenvalue weighted by molar-refractivity contribution is 0.0596. The zero-order chi connectivity index (χ0) is 15.5. The van der Waals surface area contributed by atoms with Gasteiger partial charge in [0.15, 0.2) is 0 Å². The maximum atomic E-state index is 12.1. The van der Waals surface area contributed by atoms with Crippen LogP contribution in [0.4, 0.5) is 0 Å². The minimum Gasteiger partial charge on any atom is -0.464 e. The van der Waals surface area contributed by atoms with Gasteiger partial charge in [-0.3, -0.25) is 0 Å². The number of aromatic amines is 1. The lowest BCUT2D eigenvalue weighted by atomic mass is 9.94. The maximum absolute atomic E-state index is 12.1. The molecule has 3 aromatic rings. The molecule has 1 aromatic heterocycles. The monoisotopic (exact) mass is 291 g/mol. The molecule has 0 spiro atoms. The summed E-state index contributed by atoms with van der Waals surface area (Å²) in [5, 5.41) is 0. The maximum Gasteiger partial charge on any atom is 0.355 e. The number of H-pyrrole nitrogens is 1. The van der Waals surface area contributed by atoms with E-state index in [4.69, 9.17) is 4.74 Å². The smallest absolute Gasteiger partial charge is 0.355 e. The molecule has 0 saturated heterocycles. The van der Waals surface area contributed by atoms with E-state index in [1.165, 1.54) is 7.11 Å². The van der Waals surface area contributed by atoms with E-state index >= 15 is 0 Å². The van der Waals surface area contributed by atoms with Gasteiger partial charge in [0, 0.05) is 17.3 Å². The Morgan fingerprint density at radius 1 is 0.955 bits per heavy atom. The normalized spacial score (nSPS) is 10.5. The summed E-state index contributed by atoms with van der Waals surface area (Å²) < 4.78 is 4.91. The second-order valence-corrected chi connectivity index (χ2v) is 5.12. The Morgan fingerprint density at radius 3 is 2.32 bits per heavy atom. The lowest BCUT2D eigenvalue weighted by Crippen LogP contribution is -2.03. The fourth-order valence-corrected chi connectivity index (χ4v) is 2.68. The van der Waals surface area contributed by atoms with E-state index in [-0.39, 0.29) is 5.97 Å². The first-order chi connectivity index (χ1) is 10.7. The number of carbonyl (C=O) groups is 1. The summed E-state index contributed by atoms with van der Waals surface area (Å²) >= 11 is 0. The zero-order valence-electron chi connectivity index (χ0n) is 12.6. The van der Waals surface area contributed by atoms with E-state index in [0.717, 1.165) is 27.8 Å². The number of methoxy groups -OCH3 is 1. The molecule has 1 N–H and O–H groups in total. The number of nitrogens with one attached hydrogen (secondary N) is 1. The summed E-state index contributed by atoms with van der Waals surface area (Å²) in [6, 6.07) is 18.0. The van der Waals surface area contributed by atoms with Crippen LogP contribution in [0.15, 0.2) is 60.8 Å². The average molecular weight is 291 g/mol. The van der Waals surface area contributed by atoms with Crippen molar-refractivity contribution in [1.29, 1.82) is 0 Å². The van der Waals surface area contributed by atoms with Crippen molar-refractivity contribution >= 4 is 5.97 Å². The van der Waals surface area contributed by atoms with Crippen molar-refractivity contribution in [3.63, 3.8) is 0 Å². The first kappa shape index (κ1) is 14.1. The highest BCUT2D eigenvalue weighted by Gasteiger charge is 2.20. The van der Waals surface area contributed by atoms with Gasteiger partial charge in [-0.1, -0.05) is 54.6 Å². The molecule has 0 unspecified atom stereocenters. The minimum atomic E-state index is -0.362. The summed E-state index contributed by atoms with van der Waals surface area (Å²) in [4.78, 5) is 15.2. The second kappa shape index (κ2) is 5.90. The quantitative estimate of drug-likeness (QED) is 0.725. The Labute approximate surface area is 129 Å². The van der Waals surface area contributed by atoms with Crippen LogP contribution < -0.4 is 0 Å². The van der Waals surface area contributed by atoms with E-state index in [1.54, 1.807) is 0 Å². The van der Waals surface area contributed by atoms with Crippen LogP contribution in [-0.2, 0) is 4.74 Å². The standard InChI is InChI=1S/C19H17NO2/c1-13-8-6-7-11-15(13)16-12-20-18(19(21)22-2)17(16)14-9-4-3-5-10-14/h3-12,20H,1-2H3. The number of hydrogen-bond acceptors (Lipinski definition) is 2. The number of benzene rings is 2. The largest absolute Gasteiger partial charge is 0.464 e. The molecular formula is C19H17NO2. The molecule has 0 fully saturated rings. The summed E-state index contributed by atoms with van der Waals surface area (Å²) in [5.41, 5.74) is 5.61. The van der Waals surface area contributed by atoms with Crippen molar-refractivity contribution in [1.82, 2.24) is 4.98 Å². The van der Waals surface area contributed by atoms with Gasteiger partial charge in [0.2, 0.25) is 0 Å². The van der Waals surface area contributed by atoms with Gasteiger partial charge >= 0.3 is 5.97 Å². The first-order valence-corrected chi connectivity index (χ1v) is 7.13. The second-order valence-electron chi connectivity index (χ2n) is 5.12. The van der Waals surface area contributed by atoms with Gasteiger partial charge in [-0.2, -0.15) is 0 Å². The Hall–Kier alpha value is -2.81. The van der Waals surface area contributed by atoms with Gasteiger partial charge in [-0.25, -0.2) is 4.79 Å². The molecule has 0 aliphatic carbocycles. The average Bonchev–Trinajstić information content (AvgIpc) is 3.00. The van der Waals surface area contributed by atoms with E-state index in [0.29, 0.717) is 5.69 Å². The molecule has 110 valence electrons. The van der Waals surface area contributed by atoms with Crippen molar-refractivity contribution in [3.05, 3.63) is 72.1 Å². The third kappa shape index (κ3) is 2.42. The molecule has 3 rings (SSSR count). The molecule has 0 radical (unpaired) electrons. The number of hydrogen-bond donors (Lipinski definition) is 1. The van der Waals surface area contributed by atoms with Gasteiger partial charge in [-0.05, 0) is 23.6 Å². The highest BCUT2D eigenvalue weighted by atomic mass is 16.5. The Balaban J connectivity index is 2.26. The fourth-order valence-electron chi connectivity index (χ4n) is 2.68. The molecule has 0 amide bonds. The van der Waals surface area contributed by atoms with Crippen LogP contribution >= 0.6 is 0 Å². The molecule has 3 heteroatoms. The zero-order valence-corrected chi connectivity index (χ0v) is 12.6. The molecule has 1 heterocycles. The lowest BCUT2D eigenvalue weighted by Gasteiger charge is -2.09.